The highest BCUT2D eigenvalue weighted by Crippen LogP contribution is 2.25. The Balaban J connectivity index is 2.59. The second kappa shape index (κ2) is 6.45. The van der Waals surface area contributed by atoms with Crippen molar-refractivity contribution in [2.75, 3.05) is 6.54 Å². The third-order valence-electron chi connectivity index (χ3n) is 2.60. The summed E-state index contributed by atoms with van der Waals surface area (Å²) in [7, 11) is 0. The summed E-state index contributed by atoms with van der Waals surface area (Å²) in [5, 5.41) is 14.1. The van der Waals surface area contributed by atoms with Gasteiger partial charge in [0.15, 0.2) is 0 Å². The maximum absolute atomic E-state index is 9.92. The molecular weight excluding hydrogens is 245 g/mol. The van der Waals surface area contributed by atoms with Crippen LogP contribution in [0.15, 0.2) is 18.2 Å². The first-order valence-electron chi connectivity index (χ1n) is 5.41. The van der Waals surface area contributed by atoms with Crippen molar-refractivity contribution in [2.24, 2.45) is 0 Å². The van der Waals surface area contributed by atoms with Crippen molar-refractivity contribution in [3.8, 4) is 0 Å². The van der Waals surface area contributed by atoms with Crippen LogP contribution in [0.1, 0.15) is 31.9 Å². The average molecular weight is 262 g/mol. The van der Waals surface area contributed by atoms with Crippen LogP contribution >= 0.6 is 23.2 Å². The summed E-state index contributed by atoms with van der Waals surface area (Å²) in [5.74, 6) is 0. The van der Waals surface area contributed by atoms with Gasteiger partial charge >= 0.3 is 0 Å². The first-order chi connectivity index (χ1) is 7.54. The Kier molecular flexibility index (Phi) is 5.56. The van der Waals surface area contributed by atoms with Gasteiger partial charge in [-0.25, -0.2) is 0 Å². The van der Waals surface area contributed by atoms with Gasteiger partial charge in [0.25, 0.3) is 0 Å². The molecule has 0 aromatic heterocycles. The minimum atomic E-state index is -0.552. The number of aliphatic hydroxyl groups excluding tert-OH is 1. The van der Waals surface area contributed by atoms with E-state index in [0.29, 0.717) is 22.6 Å². The molecule has 1 rings (SSSR count). The second-order valence-electron chi connectivity index (χ2n) is 3.91. The lowest BCUT2D eigenvalue weighted by atomic mass is 10.1. The van der Waals surface area contributed by atoms with E-state index in [0.717, 1.165) is 12.0 Å². The van der Waals surface area contributed by atoms with Gasteiger partial charge in [0.1, 0.15) is 0 Å². The summed E-state index contributed by atoms with van der Waals surface area (Å²) in [4.78, 5) is 0. The summed E-state index contributed by atoms with van der Waals surface area (Å²) < 4.78 is 0. The fourth-order valence-corrected chi connectivity index (χ4v) is 1.60. The topological polar surface area (TPSA) is 32.3 Å². The second-order valence-corrected chi connectivity index (χ2v) is 4.72. The van der Waals surface area contributed by atoms with E-state index >= 15 is 0 Å². The Morgan fingerprint density at radius 3 is 2.56 bits per heavy atom. The van der Waals surface area contributed by atoms with E-state index in [1.54, 1.807) is 18.2 Å². The minimum absolute atomic E-state index is 0.400. The van der Waals surface area contributed by atoms with E-state index < -0.39 is 6.10 Å². The molecule has 0 saturated heterocycles. The molecule has 2 unspecified atom stereocenters. The van der Waals surface area contributed by atoms with E-state index in [1.165, 1.54) is 0 Å². The standard InChI is InChI=1S/C12H17Cl2NO/c1-3-8(2)15-7-12(16)9-4-5-10(13)11(14)6-9/h4-6,8,12,15-16H,3,7H2,1-2H3. The van der Waals surface area contributed by atoms with Gasteiger partial charge in [-0.15, -0.1) is 0 Å². The van der Waals surface area contributed by atoms with Crippen molar-refractivity contribution < 1.29 is 5.11 Å². The molecular formula is C12H17Cl2NO. The highest BCUT2D eigenvalue weighted by Gasteiger charge is 2.10. The number of benzene rings is 1. The average Bonchev–Trinajstić information content (AvgIpc) is 2.29. The largest absolute Gasteiger partial charge is 0.387 e. The molecule has 90 valence electrons. The van der Waals surface area contributed by atoms with Crippen molar-refractivity contribution in [1.82, 2.24) is 5.32 Å². The predicted octanol–water partition coefficient (Wildman–Crippen LogP) is 3.41. The highest BCUT2D eigenvalue weighted by molar-refractivity contribution is 6.42. The van der Waals surface area contributed by atoms with E-state index in [4.69, 9.17) is 23.2 Å². The van der Waals surface area contributed by atoms with E-state index in [1.807, 2.05) is 0 Å². The molecule has 0 aliphatic rings. The van der Waals surface area contributed by atoms with Gasteiger partial charge in [0, 0.05) is 12.6 Å². The van der Waals surface area contributed by atoms with Crippen molar-refractivity contribution in [2.45, 2.75) is 32.4 Å². The molecule has 0 aliphatic carbocycles. The van der Waals surface area contributed by atoms with Crippen LogP contribution < -0.4 is 5.32 Å². The molecule has 0 spiro atoms. The monoisotopic (exact) mass is 261 g/mol. The van der Waals surface area contributed by atoms with Crippen molar-refractivity contribution >= 4 is 23.2 Å². The number of hydrogen-bond donors (Lipinski definition) is 2. The Hall–Kier alpha value is -0.280. The molecule has 0 radical (unpaired) electrons. The zero-order valence-corrected chi connectivity index (χ0v) is 11.0. The van der Waals surface area contributed by atoms with E-state index in [-0.39, 0.29) is 0 Å². The van der Waals surface area contributed by atoms with Crippen LogP contribution in [0, 0.1) is 0 Å². The van der Waals surface area contributed by atoms with Crippen LogP contribution in [0.25, 0.3) is 0 Å². The van der Waals surface area contributed by atoms with Gasteiger partial charge < -0.3 is 10.4 Å². The number of rotatable bonds is 5. The molecule has 1 aromatic carbocycles. The molecule has 0 bridgehead atoms. The number of halogens is 2. The molecule has 16 heavy (non-hydrogen) atoms. The fourth-order valence-electron chi connectivity index (χ4n) is 1.29. The zero-order valence-electron chi connectivity index (χ0n) is 9.50. The predicted molar refractivity (Wildman–Crippen MR) is 69.2 cm³/mol. The van der Waals surface area contributed by atoms with Gasteiger partial charge in [-0.05, 0) is 31.0 Å². The maximum atomic E-state index is 9.92. The van der Waals surface area contributed by atoms with Crippen molar-refractivity contribution in [1.29, 1.82) is 0 Å². The normalized spacial score (nSPS) is 14.8. The molecule has 0 amide bonds. The molecule has 0 saturated carbocycles. The minimum Gasteiger partial charge on any atom is -0.387 e. The Labute approximate surface area is 107 Å². The third-order valence-corrected chi connectivity index (χ3v) is 3.34. The van der Waals surface area contributed by atoms with Crippen LogP contribution in [0.4, 0.5) is 0 Å². The Morgan fingerprint density at radius 2 is 2.00 bits per heavy atom. The lowest BCUT2D eigenvalue weighted by Crippen LogP contribution is -2.29. The number of hydrogen-bond acceptors (Lipinski definition) is 2. The fraction of sp³-hybridized carbons (Fsp3) is 0.500. The quantitative estimate of drug-likeness (QED) is 0.852. The molecule has 2 atom stereocenters. The van der Waals surface area contributed by atoms with Gasteiger partial charge in [0.05, 0.1) is 16.1 Å². The lowest BCUT2D eigenvalue weighted by molar-refractivity contribution is 0.170. The number of aliphatic hydroxyl groups is 1. The van der Waals surface area contributed by atoms with Crippen LogP contribution in [0.3, 0.4) is 0 Å². The van der Waals surface area contributed by atoms with Crippen molar-refractivity contribution in [3.63, 3.8) is 0 Å². The van der Waals surface area contributed by atoms with Crippen LogP contribution in [-0.2, 0) is 0 Å². The molecule has 0 fully saturated rings. The maximum Gasteiger partial charge on any atom is 0.0915 e. The number of nitrogens with one attached hydrogen (secondary N) is 1. The third kappa shape index (κ3) is 3.95. The Morgan fingerprint density at radius 1 is 1.31 bits per heavy atom. The van der Waals surface area contributed by atoms with Gasteiger partial charge in [-0.3, -0.25) is 0 Å². The molecule has 2 nitrogen and oxygen atoms in total. The summed E-state index contributed by atoms with van der Waals surface area (Å²) in [6.45, 7) is 4.71. The molecule has 2 N–H and O–H groups in total. The molecule has 0 aliphatic heterocycles. The SMILES string of the molecule is CCC(C)NCC(O)c1ccc(Cl)c(Cl)c1. The van der Waals surface area contributed by atoms with Crippen LogP contribution in [-0.4, -0.2) is 17.7 Å². The zero-order chi connectivity index (χ0) is 12.1. The molecule has 1 aromatic rings. The Bertz CT molecular complexity index is 344. The first-order valence-corrected chi connectivity index (χ1v) is 6.16. The molecule has 0 heterocycles. The van der Waals surface area contributed by atoms with Crippen molar-refractivity contribution in [3.05, 3.63) is 33.8 Å². The summed E-state index contributed by atoms with van der Waals surface area (Å²) in [6.07, 6.45) is 0.484. The van der Waals surface area contributed by atoms with Gasteiger partial charge in [0.2, 0.25) is 0 Å². The van der Waals surface area contributed by atoms with E-state index in [2.05, 4.69) is 19.2 Å². The van der Waals surface area contributed by atoms with Gasteiger partial charge in [-0.2, -0.15) is 0 Å². The lowest BCUT2D eigenvalue weighted by Gasteiger charge is -2.16. The first kappa shape index (κ1) is 13.8. The van der Waals surface area contributed by atoms with Gasteiger partial charge in [-0.1, -0.05) is 36.2 Å². The smallest absolute Gasteiger partial charge is 0.0915 e. The summed E-state index contributed by atoms with van der Waals surface area (Å²) >= 11 is 11.7. The van der Waals surface area contributed by atoms with Crippen LogP contribution in [0.2, 0.25) is 10.0 Å². The molecule has 4 heteroatoms. The van der Waals surface area contributed by atoms with Crippen LogP contribution in [0.5, 0.6) is 0 Å². The highest BCUT2D eigenvalue weighted by atomic mass is 35.5. The summed E-state index contributed by atoms with van der Waals surface area (Å²) in [5.41, 5.74) is 0.783. The van der Waals surface area contributed by atoms with E-state index in [9.17, 15) is 5.11 Å². The summed E-state index contributed by atoms with van der Waals surface area (Å²) in [6, 6.07) is 5.59.